The Balaban J connectivity index is 2.15. The molecule has 1 atom stereocenters. The van der Waals surface area contributed by atoms with Gasteiger partial charge in [-0.05, 0) is 23.3 Å². The number of hydrogen-bond donors (Lipinski definition) is 1. The summed E-state index contributed by atoms with van der Waals surface area (Å²) in [7, 11) is 3.21. The molecule has 2 rings (SSSR count). The average Bonchev–Trinajstić information content (AvgIpc) is 2.48. The van der Waals surface area contributed by atoms with Crippen LogP contribution in [0.5, 0.6) is 11.5 Å². The van der Waals surface area contributed by atoms with E-state index in [4.69, 9.17) is 9.47 Å². The molecule has 2 aromatic carbocycles. The highest BCUT2D eigenvalue weighted by Crippen LogP contribution is 2.29. The molecule has 0 aliphatic rings. The van der Waals surface area contributed by atoms with E-state index in [0.29, 0.717) is 17.9 Å². The quantitative estimate of drug-likeness (QED) is 0.896. The molecule has 2 aromatic rings. The maximum Gasteiger partial charge on any atom is 0.160 e. The van der Waals surface area contributed by atoms with E-state index in [-0.39, 0.29) is 0 Å². The maximum atomic E-state index is 10.2. The fraction of sp³-hybridized carbons (Fsp3) is 0.250. The van der Waals surface area contributed by atoms with Gasteiger partial charge in [0, 0.05) is 6.42 Å². The number of benzene rings is 2. The van der Waals surface area contributed by atoms with E-state index in [0.717, 1.165) is 11.1 Å². The molecule has 19 heavy (non-hydrogen) atoms. The van der Waals surface area contributed by atoms with Crippen molar-refractivity contribution in [1.82, 2.24) is 0 Å². The summed E-state index contributed by atoms with van der Waals surface area (Å²) in [5.74, 6) is 1.38. The molecule has 0 aromatic heterocycles. The van der Waals surface area contributed by atoms with Crippen molar-refractivity contribution in [3.05, 3.63) is 59.7 Å². The topological polar surface area (TPSA) is 38.7 Å². The molecule has 0 spiro atoms. The zero-order valence-electron chi connectivity index (χ0n) is 11.2. The summed E-state index contributed by atoms with van der Waals surface area (Å²) in [4.78, 5) is 0. The Labute approximate surface area is 113 Å². The average molecular weight is 258 g/mol. The highest BCUT2D eigenvalue weighted by atomic mass is 16.5. The van der Waals surface area contributed by atoms with E-state index in [1.165, 1.54) is 0 Å². The van der Waals surface area contributed by atoms with Crippen molar-refractivity contribution in [3.8, 4) is 11.5 Å². The monoisotopic (exact) mass is 258 g/mol. The molecule has 0 saturated carbocycles. The minimum Gasteiger partial charge on any atom is -0.493 e. The summed E-state index contributed by atoms with van der Waals surface area (Å²) in [6, 6.07) is 15.3. The van der Waals surface area contributed by atoms with Crippen molar-refractivity contribution < 1.29 is 14.6 Å². The molecule has 0 heterocycles. The minimum absolute atomic E-state index is 0.515. The van der Waals surface area contributed by atoms with Gasteiger partial charge in [0.15, 0.2) is 11.5 Å². The third-order valence-corrected chi connectivity index (χ3v) is 3.06. The van der Waals surface area contributed by atoms with E-state index in [1.807, 2.05) is 48.5 Å². The summed E-state index contributed by atoms with van der Waals surface area (Å²) in [5.41, 5.74) is 1.92. The van der Waals surface area contributed by atoms with Gasteiger partial charge in [-0.3, -0.25) is 0 Å². The predicted octanol–water partition coefficient (Wildman–Crippen LogP) is 2.98. The Bertz CT molecular complexity index is 523. The highest BCUT2D eigenvalue weighted by Gasteiger charge is 2.10. The van der Waals surface area contributed by atoms with Crippen LogP contribution in [0.1, 0.15) is 17.2 Å². The zero-order valence-corrected chi connectivity index (χ0v) is 11.2. The van der Waals surface area contributed by atoms with Gasteiger partial charge in [-0.15, -0.1) is 0 Å². The Morgan fingerprint density at radius 3 is 2.26 bits per heavy atom. The van der Waals surface area contributed by atoms with Crippen molar-refractivity contribution in [2.24, 2.45) is 0 Å². The van der Waals surface area contributed by atoms with Gasteiger partial charge in [0.1, 0.15) is 0 Å². The first-order chi connectivity index (χ1) is 9.24. The van der Waals surface area contributed by atoms with Crippen LogP contribution in [0, 0.1) is 0 Å². The molecule has 0 bridgehead atoms. The van der Waals surface area contributed by atoms with E-state index in [1.54, 1.807) is 14.2 Å². The standard InChI is InChI=1S/C16H18O3/c1-18-15-9-8-12(11-16(15)19-2)10-14(17)13-6-4-3-5-7-13/h3-9,11,14,17H,10H2,1-2H3. The third-order valence-electron chi connectivity index (χ3n) is 3.06. The van der Waals surface area contributed by atoms with Crippen LogP contribution in [0.3, 0.4) is 0 Å². The molecule has 0 fully saturated rings. The predicted molar refractivity (Wildman–Crippen MR) is 74.7 cm³/mol. The van der Waals surface area contributed by atoms with Crippen LogP contribution in [0.4, 0.5) is 0 Å². The van der Waals surface area contributed by atoms with Crippen LogP contribution in [-0.2, 0) is 6.42 Å². The number of rotatable bonds is 5. The van der Waals surface area contributed by atoms with Gasteiger partial charge in [-0.1, -0.05) is 36.4 Å². The molecule has 3 heteroatoms. The highest BCUT2D eigenvalue weighted by molar-refractivity contribution is 5.43. The molecule has 0 aliphatic carbocycles. The van der Waals surface area contributed by atoms with Crippen molar-refractivity contribution >= 4 is 0 Å². The van der Waals surface area contributed by atoms with Crippen molar-refractivity contribution in [2.75, 3.05) is 14.2 Å². The Hall–Kier alpha value is -2.00. The molecule has 1 unspecified atom stereocenters. The van der Waals surface area contributed by atoms with Crippen LogP contribution in [-0.4, -0.2) is 19.3 Å². The fourth-order valence-electron chi connectivity index (χ4n) is 2.02. The van der Waals surface area contributed by atoms with Gasteiger partial charge < -0.3 is 14.6 Å². The first-order valence-corrected chi connectivity index (χ1v) is 6.18. The first-order valence-electron chi connectivity index (χ1n) is 6.18. The SMILES string of the molecule is COc1ccc(CC(O)c2ccccc2)cc1OC. The van der Waals surface area contributed by atoms with Crippen molar-refractivity contribution in [3.63, 3.8) is 0 Å². The lowest BCUT2D eigenvalue weighted by Gasteiger charge is -2.13. The largest absolute Gasteiger partial charge is 0.493 e. The molecular formula is C16H18O3. The van der Waals surface area contributed by atoms with Crippen molar-refractivity contribution in [1.29, 1.82) is 0 Å². The molecule has 100 valence electrons. The smallest absolute Gasteiger partial charge is 0.160 e. The number of aliphatic hydroxyl groups is 1. The second kappa shape index (κ2) is 6.25. The second-order valence-corrected chi connectivity index (χ2v) is 4.32. The van der Waals surface area contributed by atoms with Gasteiger partial charge in [-0.25, -0.2) is 0 Å². The lowest BCUT2D eigenvalue weighted by Crippen LogP contribution is -2.02. The summed E-state index contributed by atoms with van der Waals surface area (Å²) >= 11 is 0. The first kappa shape index (κ1) is 13.4. The molecule has 3 nitrogen and oxygen atoms in total. The van der Waals surface area contributed by atoms with Crippen LogP contribution in [0.2, 0.25) is 0 Å². The van der Waals surface area contributed by atoms with Crippen LogP contribution in [0.25, 0.3) is 0 Å². The molecular weight excluding hydrogens is 240 g/mol. The van der Waals surface area contributed by atoms with Crippen LogP contribution < -0.4 is 9.47 Å². The molecule has 0 amide bonds. The summed E-state index contributed by atoms with van der Waals surface area (Å²) in [6.45, 7) is 0. The van der Waals surface area contributed by atoms with Gasteiger partial charge in [0.25, 0.3) is 0 Å². The van der Waals surface area contributed by atoms with Gasteiger partial charge in [0.05, 0.1) is 20.3 Å². The fourth-order valence-corrected chi connectivity index (χ4v) is 2.02. The normalized spacial score (nSPS) is 11.9. The molecule has 0 aliphatic heterocycles. The molecule has 1 N–H and O–H groups in total. The van der Waals surface area contributed by atoms with Gasteiger partial charge >= 0.3 is 0 Å². The maximum absolute atomic E-state index is 10.2. The molecule has 0 saturated heterocycles. The Morgan fingerprint density at radius 1 is 0.947 bits per heavy atom. The minimum atomic E-state index is -0.515. The summed E-state index contributed by atoms with van der Waals surface area (Å²) < 4.78 is 10.5. The van der Waals surface area contributed by atoms with Gasteiger partial charge in [-0.2, -0.15) is 0 Å². The zero-order chi connectivity index (χ0) is 13.7. The second-order valence-electron chi connectivity index (χ2n) is 4.32. The van der Waals surface area contributed by atoms with Crippen LogP contribution in [0.15, 0.2) is 48.5 Å². The van der Waals surface area contributed by atoms with E-state index in [2.05, 4.69) is 0 Å². The van der Waals surface area contributed by atoms with Gasteiger partial charge in [0.2, 0.25) is 0 Å². The van der Waals surface area contributed by atoms with E-state index < -0.39 is 6.10 Å². The number of ether oxygens (including phenoxy) is 2. The third kappa shape index (κ3) is 3.26. The van der Waals surface area contributed by atoms with Crippen molar-refractivity contribution in [2.45, 2.75) is 12.5 Å². The Morgan fingerprint density at radius 2 is 1.63 bits per heavy atom. The number of methoxy groups -OCH3 is 2. The van der Waals surface area contributed by atoms with E-state index >= 15 is 0 Å². The number of aliphatic hydroxyl groups excluding tert-OH is 1. The summed E-state index contributed by atoms with van der Waals surface area (Å²) in [5, 5.41) is 10.2. The summed E-state index contributed by atoms with van der Waals surface area (Å²) in [6.07, 6.45) is 0.0315. The van der Waals surface area contributed by atoms with E-state index in [9.17, 15) is 5.11 Å². The molecule has 0 radical (unpaired) electrons. The number of hydrogen-bond acceptors (Lipinski definition) is 3. The lowest BCUT2D eigenvalue weighted by atomic mass is 10.0. The Kier molecular flexibility index (Phi) is 4.42. The van der Waals surface area contributed by atoms with Crippen LogP contribution >= 0.6 is 0 Å². The lowest BCUT2D eigenvalue weighted by molar-refractivity contribution is 0.178.